The lowest BCUT2D eigenvalue weighted by atomic mass is 9.93. The van der Waals surface area contributed by atoms with E-state index in [0.717, 1.165) is 96.7 Å². The summed E-state index contributed by atoms with van der Waals surface area (Å²) in [5, 5.41) is 20.5. The third-order valence-corrected chi connectivity index (χ3v) is 13.6. The summed E-state index contributed by atoms with van der Waals surface area (Å²) >= 11 is 0. The lowest BCUT2D eigenvalue weighted by molar-refractivity contribution is -0.149. The number of rotatable bonds is 53. The van der Waals surface area contributed by atoms with E-state index in [9.17, 15) is 15.0 Å². The first-order chi connectivity index (χ1) is 30.5. The minimum absolute atomic E-state index is 0.0704. The first-order valence-electron chi connectivity index (χ1n) is 28.3. The van der Waals surface area contributed by atoms with Crippen LogP contribution in [0.25, 0.3) is 0 Å². The molecule has 0 rings (SSSR count). The summed E-state index contributed by atoms with van der Waals surface area (Å²) in [7, 11) is 0. The maximum atomic E-state index is 13.2. The Kier molecular flexibility index (Phi) is 50.7. The van der Waals surface area contributed by atoms with E-state index < -0.39 is 6.29 Å². The van der Waals surface area contributed by atoms with Gasteiger partial charge in [0, 0.05) is 19.1 Å². The lowest BCUT2D eigenvalue weighted by Crippen LogP contribution is -2.27. The zero-order valence-corrected chi connectivity index (χ0v) is 42.7. The van der Waals surface area contributed by atoms with Gasteiger partial charge in [0.25, 0.3) is 0 Å². The third kappa shape index (κ3) is 43.2. The van der Waals surface area contributed by atoms with Crippen molar-refractivity contribution in [1.82, 2.24) is 4.90 Å². The van der Waals surface area contributed by atoms with Gasteiger partial charge in [-0.15, -0.1) is 0 Å². The van der Waals surface area contributed by atoms with Crippen molar-refractivity contribution in [1.29, 1.82) is 0 Å². The van der Waals surface area contributed by atoms with E-state index in [4.69, 9.17) is 9.47 Å². The van der Waals surface area contributed by atoms with Gasteiger partial charge in [-0.25, -0.2) is 0 Å². The highest BCUT2D eigenvalue weighted by Crippen LogP contribution is 2.24. The number of carbonyl (C=O) groups is 1. The van der Waals surface area contributed by atoms with Gasteiger partial charge in [-0.2, -0.15) is 0 Å². The smallest absolute Gasteiger partial charge is 0.308 e. The van der Waals surface area contributed by atoms with Crippen LogP contribution >= 0.6 is 0 Å². The third-order valence-electron chi connectivity index (χ3n) is 13.6. The molecule has 0 bridgehead atoms. The van der Waals surface area contributed by atoms with Gasteiger partial charge in [0.1, 0.15) is 0 Å². The summed E-state index contributed by atoms with van der Waals surface area (Å²) in [5.74, 6) is 0.445. The number of nitrogens with zero attached hydrogens (tertiary/aromatic N) is 1. The van der Waals surface area contributed by atoms with Crippen molar-refractivity contribution < 1.29 is 24.5 Å². The monoisotopic (exact) mass is 880 g/mol. The molecule has 2 N–H and O–H groups in total. The second kappa shape index (κ2) is 51.3. The number of aliphatic hydroxyl groups excluding tert-OH is 2. The molecule has 0 spiro atoms. The average molecular weight is 881 g/mol. The van der Waals surface area contributed by atoms with Gasteiger partial charge in [-0.1, -0.05) is 233 Å². The molecule has 0 aromatic carbocycles. The molecule has 0 aliphatic rings. The number of unbranched alkanes of at least 4 members (excludes halogenated alkanes) is 31. The lowest BCUT2D eigenvalue weighted by Gasteiger charge is -2.24. The van der Waals surface area contributed by atoms with Crippen LogP contribution in [0.2, 0.25) is 0 Å². The zero-order chi connectivity index (χ0) is 45.2. The van der Waals surface area contributed by atoms with Crippen LogP contribution in [-0.2, 0) is 14.3 Å². The van der Waals surface area contributed by atoms with Gasteiger partial charge >= 0.3 is 5.97 Å². The Morgan fingerprint density at radius 1 is 0.403 bits per heavy atom. The number of aliphatic hydroxyl groups is 2. The normalized spacial score (nSPS) is 13.3. The molecule has 6 heteroatoms. The Balaban J connectivity index is 4.48. The second-order valence-corrected chi connectivity index (χ2v) is 19.6. The van der Waals surface area contributed by atoms with E-state index >= 15 is 0 Å². The van der Waals surface area contributed by atoms with E-state index in [0.29, 0.717) is 13.2 Å². The van der Waals surface area contributed by atoms with Crippen LogP contribution < -0.4 is 0 Å². The minimum atomic E-state index is -0.611. The van der Waals surface area contributed by atoms with Crippen LogP contribution in [-0.4, -0.2) is 66.8 Å². The van der Waals surface area contributed by atoms with E-state index in [1.165, 1.54) is 193 Å². The molecule has 0 amide bonds. The summed E-state index contributed by atoms with van der Waals surface area (Å²) in [5.41, 5.74) is 0. The van der Waals surface area contributed by atoms with Gasteiger partial charge in [0.2, 0.25) is 0 Å². The SMILES string of the molecule is CCCCCCCCCCC(CCCCCCCC)C(=O)OCCCCCCN(CCCCO)CCCCCCOC(O)C(CCCCCCCC)CCCCCCCCCC. The molecular formula is C56H113NO5. The summed E-state index contributed by atoms with van der Waals surface area (Å²) in [6.07, 6.45) is 51.1. The molecule has 6 nitrogen and oxygen atoms in total. The maximum Gasteiger partial charge on any atom is 0.308 e. The van der Waals surface area contributed by atoms with Gasteiger partial charge in [-0.05, 0) is 83.8 Å². The summed E-state index contributed by atoms with van der Waals surface area (Å²) < 4.78 is 12.0. The van der Waals surface area contributed by atoms with Gasteiger partial charge < -0.3 is 24.6 Å². The molecule has 0 heterocycles. The molecule has 0 aromatic rings. The molecule has 0 saturated carbocycles. The number of carbonyl (C=O) groups excluding carboxylic acids is 1. The number of hydrogen-bond donors (Lipinski definition) is 2. The number of ether oxygens (including phenoxy) is 2. The highest BCUT2D eigenvalue weighted by atomic mass is 16.6. The predicted molar refractivity (Wildman–Crippen MR) is 270 cm³/mol. The largest absolute Gasteiger partial charge is 0.465 e. The van der Waals surface area contributed by atoms with Crippen LogP contribution in [0, 0.1) is 11.8 Å². The van der Waals surface area contributed by atoms with Crippen LogP contribution in [0.3, 0.4) is 0 Å². The highest BCUT2D eigenvalue weighted by Gasteiger charge is 2.20. The first kappa shape index (κ1) is 61.3. The van der Waals surface area contributed by atoms with Crippen LogP contribution in [0.4, 0.5) is 0 Å². The Labute approximate surface area is 389 Å². The Bertz CT molecular complexity index is 856. The van der Waals surface area contributed by atoms with Crippen molar-refractivity contribution in [3.63, 3.8) is 0 Å². The molecule has 0 aliphatic carbocycles. The average Bonchev–Trinajstić information content (AvgIpc) is 3.27. The predicted octanol–water partition coefficient (Wildman–Crippen LogP) is 16.9. The Morgan fingerprint density at radius 2 is 0.726 bits per heavy atom. The summed E-state index contributed by atoms with van der Waals surface area (Å²) in [4.78, 5) is 15.8. The molecule has 0 aliphatic heterocycles. The van der Waals surface area contributed by atoms with Crippen molar-refractivity contribution in [2.75, 3.05) is 39.5 Å². The van der Waals surface area contributed by atoms with Gasteiger partial charge in [-0.3, -0.25) is 4.79 Å². The molecule has 0 radical (unpaired) electrons. The van der Waals surface area contributed by atoms with Crippen molar-refractivity contribution in [3.05, 3.63) is 0 Å². The minimum Gasteiger partial charge on any atom is -0.465 e. The summed E-state index contributed by atoms with van der Waals surface area (Å²) in [6.45, 7) is 13.9. The molecule has 372 valence electrons. The fourth-order valence-corrected chi connectivity index (χ4v) is 9.23. The summed E-state index contributed by atoms with van der Waals surface area (Å²) in [6, 6.07) is 0. The van der Waals surface area contributed by atoms with Crippen LogP contribution in [0.15, 0.2) is 0 Å². The standard InChI is InChI=1S/C56H113NO5/c1-5-9-13-17-21-23-27-35-45-53(43-33-25-19-15-11-7-3)55(59)61-51-41-31-29-37-47-57(49-39-40-50-58)48-38-30-32-42-52-62-56(60)54(44-34-26-20-16-12-8-4)46-36-28-24-22-18-14-10-6-2/h53-55,58-59H,5-52H2,1-4H3. The quantitative estimate of drug-likeness (QED) is 0.0360. The fourth-order valence-electron chi connectivity index (χ4n) is 9.23. The zero-order valence-electron chi connectivity index (χ0n) is 42.7. The highest BCUT2D eigenvalue weighted by molar-refractivity contribution is 5.72. The van der Waals surface area contributed by atoms with Crippen LogP contribution in [0.1, 0.15) is 297 Å². The first-order valence-corrected chi connectivity index (χ1v) is 28.3. The van der Waals surface area contributed by atoms with Crippen molar-refractivity contribution in [2.24, 2.45) is 11.8 Å². The fraction of sp³-hybridized carbons (Fsp3) is 0.982. The number of esters is 1. The van der Waals surface area contributed by atoms with Crippen molar-refractivity contribution in [3.8, 4) is 0 Å². The van der Waals surface area contributed by atoms with E-state index in [-0.39, 0.29) is 24.4 Å². The molecular weight excluding hydrogens is 767 g/mol. The number of hydrogen-bond acceptors (Lipinski definition) is 6. The Morgan fingerprint density at radius 3 is 1.13 bits per heavy atom. The molecule has 0 saturated heterocycles. The second-order valence-electron chi connectivity index (χ2n) is 19.6. The van der Waals surface area contributed by atoms with E-state index in [1.807, 2.05) is 0 Å². The molecule has 3 unspecified atom stereocenters. The molecule has 3 atom stereocenters. The van der Waals surface area contributed by atoms with Crippen LogP contribution in [0.5, 0.6) is 0 Å². The van der Waals surface area contributed by atoms with Gasteiger partial charge in [0.15, 0.2) is 6.29 Å². The topological polar surface area (TPSA) is 79.2 Å². The van der Waals surface area contributed by atoms with E-state index in [2.05, 4.69) is 32.6 Å². The Hall–Kier alpha value is -0.690. The molecule has 0 aromatic heterocycles. The molecule has 0 fully saturated rings. The molecule has 62 heavy (non-hydrogen) atoms. The van der Waals surface area contributed by atoms with Gasteiger partial charge in [0.05, 0.1) is 12.5 Å². The van der Waals surface area contributed by atoms with Crippen molar-refractivity contribution >= 4 is 5.97 Å². The maximum absolute atomic E-state index is 13.2. The van der Waals surface area contributed by atoms with Crippen molar-refractivity contribution in [2.45, 2.75) is 304 Å². The van der Waals surface area contributed by atoms with E-state index in [1.54, 1.807) is 0 Å².